The van der Waals surface area contributed by atoms with E-state index in [0.717, 1.165) is 4.31 Å². The van der Waals surface area contributed by atoms with Crippen molar-refractivity contribution in [3.05, 3.63) is 47.0 Å². The van der Waals surface area contributed by atoms with Gasteiger partial charge >= 0.3 is 12.1 Å². The summed E-state index contributed by atoms with van der Waals surface area (Å²) in [6.07, 6.45) is -0.630. The molecule has 0 unspecified atom stereocenters. The number of methoxy groups -OCH3 is 1. The van der Waals surface area contributed by atoms with Gasteiger partial charge in [-0.2, -0.15) is 0 Å². The normalized spacial score (nSPS) is 13.8. The van der Waals surface area contributed by atoms with E-state index in [4.69, 9.17) is 25.8 Å². The molecule has 1 amide bonds. The number of hydrogen-bond donors (Lipinski definition) is 0. The predicted molar refractivity (Wildman–Crippen MR) is 129 cm³/mol. The summed E-state index contributed by atoms with van der Waals surface area (Å²) in [5, 5.41) is 0.215. The first-order valence-electron chi connectivity index (χ1n) is 10.6. The Morgan fingerprint density at radius 2 is 1.76 bits per heavy atom. The lowest BCUT2D eigenvalue weighted by Crippen LogP contribution is -2.48. The third-order valence-corrected chi connectivity index (χ3v) is 6.95. The molecule has 0 saturated carbocycles. The quantitative estimate of drug-likeness (QED) is 0.546. The van der Waals surface area contributed by atoms with Crippen LogP contribution in [0.4, 0.5) is 16.2 Å². The van der Waals surface area contributed by atoms with Gasteiger partial charge in [-0.3, -0.25) is 9.21 Å². The van der Waals surface area contributed by atoms with Crippen LogP contribution >= 0.6 is 11.6 Å². The lowest BCUT2D eigenvalue weighted by molar-refractivity contribution is 0.0525. The number of carbonyl (C=O) groups excluding carboxylic acids is 2. The van der Waals surface area contributed by atoms with Gasteiger partial charge < -0.3 is 14.2 Å². The van der Waals surface area contributed by atoms with Crippen molar-refractivity contribution in [3.8, 4) is 5.75 Å². The fourth-order valence-electron chi connectivity index (χ4n) is 3.45. The number of ether oxygens (including phenoxy) is 3. The van der Waals surface area contributed by atoms with E-state index in [-0.39, 0.29) is 52.3 Å². The topological polar surface area (TPSA) is 102 Å². The number of rotatable bonds is 5. The Balaban J connectivity index is 2.16. The van der Waals surface area contributed by atoms with Gasteiger partial charge in [0.2, 0.25) is 0 Å². The van der Waals surface area contributed by atoms with Gasteiger partial charge in [0, 0.05) is 11.6 Å². The first-order valence-corrected chi connectivity index (χ1v) is 12.4. The van der Waals surface area contributed by atoms with E-state index in [1.165, 1.54) is 48.4 Å². The molecule has 34 heavy (non-hydrogen) atoms. The van der Waals surface area contributed by atoms with Crippen LogP contribution in [-0.2, 0) is 19.5 Å². The van der Waals surface area contributed by atoms with Gasteiger partial charge in [-0.1, -0.05) is 11.6 Å². The zero-order valence-corrected chi connectivity index (χ0v) is 21.2. The van der Waals surface area contributed by atoms with E-state index in [1.54, 1.807) is 27.7 Å². The molecule has 1 heterocycles. The van der Waals surface area contributed by atoms with E-state index in [9.17, 15) is 18.0 Å². The SMILES string of the molecule is CCOC(=O)c1ccc2c(c1)N(S(=O)(=O)c1cc(Cl)ccc1OC)CCN2C(=O)OC(C)(C)C. The van der Waals surface area contributed by atoms with Crippen molar-refractivity contribution in [1.29, 1.82) is 0 Å². The Labute approximate surface area is 204 Å². The Morgan fingerprint density at radius 1 is 1.06 bits per heavy atom. The molecular formula is C23H27ClN2O7S. The molecule has 9 nitrogen and oxygen atoms in total. The average Bonchev–Trinajstić information content (AvgIpc) is 2.76. The van der Waals surface area contributed by atoms with Crippen molar-refractivity contribution >= 4 is 45.1 Å². The number of amides is 1. The molecule has 0 aliphatic carbocycles. The van der Waals surface area contributed by atoms with Gasteiger partial charge in [0.15, 0.2) is 0 Å². The maximum Gasteiger partial charge on any atom is 0.414 e. The third kappa shape index (κ3) is 5.23. The molecule has 0 fully saturated rings. The van der Waals surface area contributed by atoms with Crippen LogP contribution in [0.5, 0.6) is 5.75 Å². The molecule has 0 N–H and O–H groups in total. The Morgan fingerprint density at radius 3 is 2.38 bits per heavy atom. The van der Waals surface area contributed by atoms with Gasteiger partial charge in [-0.25, -0.2) is 18.0 Å². The molecule has 1 aliphatic rings. The summed E-state index contributed by atoms with van der Waals surface area (Å²) in [6, 6.07) is 8.64. The van der Waals surface area contributed by atoms with Crippen molar-refractivity contribution in [2.24, 2.45) is 0 Å². The predicted octanol–water partition coefficient (Wildman–Crippen LogP) is 4.48. The van der Waals surface area contributed by atoms with E-state index in [2.05, 4.69) is 0 Å². The summed E-state index contributed by atoms with van der Waals surface area (Å²) in [5.41, 5.74) is -0.202. The highest BCUT2D eigenvalue weighted by Crippen LogP contribution is 2.40. The Bertz CT molecular complexity index is 1210. The standard InChI is InChI=1S/C23H27ClN2O7S/c1-6-32-21(27)15-7-9-17-18(13-15)26(12-11-25(17)22(28)33-23(2,3)4)34(29,30)20-14-16(24)8-10-19(20)31-5/h7-10,13-14H,6,11-12H2,1-5H3. The second-order valence-corrected chi connectivity index (χ2v) is 10.7. The smallest absolute Gasteiger partial charge is 0.414 e. The van der Waals surface area contributed by atoms with Gasteiger partial charge in [-0.15, -0.1) is 0 Å². The van der Waals surface area contributed by atoms with Crippen molar-refractivity contribution in [2.75, 3.05) is 36.0 Å². The molecule has 0 radical (unpaired) electrons. The first-order chi connectivity index (χ1) is 15.9. The first kappa shape index (κ1) is 25.6. The summed E-state index contributed by atoms with van der Waals surface area (Å²) in [4.78, 5) is 26.5. The van der Waals surface area contributed by atoms with Gasteiger partial charge in [0.05, 0.1) is 37.2 Å². The fourth-order valence-corrected chi connectivity index (χ4v) is 5.33. The molecule has 1 aliphatic heterocycles. The van der Waals surface area contributed by atoms with E-state index in [0.29, 0.717) is 0 Å². The highest BCUT2D eigenvalue weighted by molar-refractivity contribution is 7.93. The van der Waals surface area contributed by atoms with Crippen molar-refractivity contribution in [2.45, 2.75) is 38.2 Å². The molecule has 0 saturated heterocycles. The fraction of sp³-hybridized carbons (Fsp3) is 0.391. The minimum atomic E-state index is -4.19. The summed E-state index contributed by atoms with van der Waals surface area (Å²) >= 11 is 6.08. The molecule has 0 atom stereocenters. The molecule has 2 aromatic rings. The number of benzene rings is 2. The summed E-state index contributed by atoms with van der Waals surface area (Å²) in [7, 11) is -2.83. The average molecular weight is 511 g/mol. The van der Waals surface area contributed by atoms with Crippen LogP contribution in [0.25, 0.3) is 0 Å². The summed E-state index contributed by atoms with van der Waals surface area (Å²) < 4.78 is 44.4. The van der Waals surface area contributed by atoms with E-state index >= 15 is 0 Å². The molecule has 0 aromatic heterocycles. The zero-order valence-electron chi connectivity index (χ0n) is 19.6. The summed E-state index contributed by atoms with van der Waals surface area (Å²) in [6.45, 7) is 6.98. The Hall–Kier alpha value is -2.98. The second-order valence-electron chi connectivity index (χ2n) is 8.43. The number of anilines is 2. The van der Waals surface area contributed by atoms with Crippen molar-refractivity contribution in [1.82, 2.24) is 0 Å². The second kappa shape index (κ2) is 9.71. The van der Waals surface area contributed by atoms with E-state index in [1.807, 2.05) is 0 Å². The number of sulfonamides is 1. The van der Waals surface area contributed by atoms with Gasteiger partial charge in [0.25, 0.3) is 10.0 Å². The third-order valence-electron chi connectivity index (χ3n) is 4.88. The van der Waals surface area contributed by atoms with Gasteiger partial charge in [-0.05, 0) is 64.1 Å². The zero-order chi connectivity index (χ0) is 25.3. The van der Waals surface area contributed by atoms with Gasteiger partial charge in [0.1, 0.15) is 16.2 Å². The van der Waals surface area contributed by atoms with Crippen molar-refractivity contribution in [3.63, 3.8) is 0 Å². The van der Waals surface area contributed by atoms with Crippen LogP contribution < -0.4 is 13.9 Å². The lowest BCUT2D eigenvalue weighted by Gasteiger charge is -2.37. The van der Waals surface area contributed by atoms with Crippen LogP contribution in [0, 0.1) is 0 Å². The molecular weight excluding hydrogens is 484 g/mol. The highest BCUT2D eigenvalue weighted by Gasteiger charge is 2.37. The number of carbonyl (C=O) groups is 2. The number of fused-ring (bicyclic) bond motifs is 1. The number of esters is 1. The molecule has 3 rings (SSSR count). The monoisotopic (exact) mass is 510 g/mol. The van der Waals surface area contributed by atoms with Crippen LogP contribution in [-0.4, -0.2) is 52.9 Å². The maximum absolute atomic E-state index is 13.7. The summed E-state index contributed by atoms with van der Waals surface area (Å²) in [5.74, 6) is -0.501. The number of halogens is 1. The molecule has 184 valence electrons. The molecule has 11 heteroatoms. The molecule has 0 spiro atoms. The molecule has 0 bridgehead atoms. The minimum absolute atomic E-state index is 0.0305. The number of hydrogen-bond acceptors (Lipinski definition) is 7. The molecule has 2 aromatic carbocycles. The largest absolute Gasteiger partial charge is 0.495 e. The lowest BCUT2D eigenvalue weighted by atomic mass is 10.1. The number of nitrogens with zero attached hydrogens (tertiary/aromatic N) is 2. The maximum atomic E-state index is 13.7. The van der Waals surface area contributed by atoms with Crippen molar-refractivity contribution < 1.29 is 32.2 Å². The van der Waals surface area contributed by atoms with Crippen LogP contribution in [0.1, 0.15) is 38.1 Å². The van der Waals surface area contributed by atoms with Crippen LogP contribution in [0.3, 0.4) is 0 Å². The minimum Gasteiger partial charge on any atom is -0.495 e. The van der Waals surface area contributed by atoms with Crippen LogP contribution in [0.2, 0.25) is 5.02 Å². The van der Waals surface area contributed by atoms with E-state index < -0.39 is 27.7 Å². The highest BCUT2D eigenvalue weighted by atomic mass is 35.5. The Kier molecular flexibility index (Phi) is 7.32. The van der Waals surface area contributed by atoms with Crippen LogP contribution in [0.15, 0.2) is 41.3 Å².